The molecule has 1 atom stereocenters. The van der Waals surface area contributed by atoms with Gasteiger partial charge in [-0.15, -0.1) is 0 Å². The molecule has 2 heterocycles. The molecule has 1 aromatic heterocycles. The Hall–Kier alpha value is -1.07. The van der Waals surface area contributed by atoms with Gasteiger partial charge < -0.3 is 11.1 Å². The summed E-state index contributed by atoms with van der Waals surface area (Å²) in [5, 5.41) is 3.35. The minimum absolute atomic E-state index is 0.0821. The van der Waals surface area contributed by atoms with Crippen molar-refractivity contribution >= 4 is 23.4 Å². The van der Waals surface area contributed by atoms with Crippen LogP contribution in [-0.4, -0.2) is 34.9 Å². The van der Waals surface area contributed by atoms with Gasteiger partial charge in [-0.1, -0.05) is 0 Å². The van der Waals surface area contributed by atoms with Crippen LogP contribution in [0, 0.1) is 6.92 Å². The molecule has 4 nitrogen and oxygen atoms in total. The zero-order valence-corrected chi connectivity index (χ0v) is 10.7. The number of carbonyl (C=O) groups is 1. The summed E-state index contributed by atoms with van der Waals surface area (Å²) in [7, 11) is 0. The number of aromatic nitrogens is 1. The summed E-state index contributed by atoms with van der Waals surface area (Å²) < 4.78 is 0. The molecule has 1 fully saturated rings. The predicted molar refractivity (Wildman–Crippen MR) is 71.4 cm³/mol. The van der Waals surface area contributed by atoms with Crippen LogP contribution in [-0.2, 0) is 0 Å². The molecular weight excluding hydrogens is 234 g/mol. The number of Topliss-reactive ketones (excluding diaryl/α,β-unsaturated/α-hetero) is 1. The van der Waals surface area contributed by atoms with Gasteiger partial charge in [0.2, 0.25) is 0 Å². The van der Waals surface area contributed by atoms with Crippen molar-refractivity contribution in [2.75, 3.05) is 23.8 Å². The molecule has 0 bridgehead atoms. The number of anilines is 1. The molecule has 17 heavy (non-hydrogen) atoms. The van der Waals surface area contributed by atoms with Crippen molar-refractivity contribution in [2.45, 2.75) is 19.4 Å². The molecule has 3 N–H and O–H groups in total. The lowest BCUT2D eigenvalue weighted by atomic mass is 10.0. The fourth-order valence-corrected chi connectivity index (χ4v) is 2.84. The Balaban J connectivity index is 2.05. The van der Waals surface area contributed by atoms with E-state index in [0.717, 1.165) is 23.6 Å². The molecule has 5 heteroatoms. The van der Waals surface area contributed by atoms with Gasteiger partial charge in [0.05, 0.1) is 5.56 Å². The predicted octanol–water partition coefficient (Wildman–Crippen LogP) is 1.25. The first-order valence-electron chi connectivity index (χ1n) is 5.73. The van der Waals surface area contributed by atoms with E-state index in [1.54, 1.807) is 6.20 Å². The van der Waals surface area contributed by atoms with Crippen molar-refractivity contribution < 1.29 is 4.79 Å². The van der Waals surface area contributed by atoms with Gasteiger partial charge in [-0.25, -0.2) is 4.98 Å². The lowest BCUT2D eigenvalue weighted by Crippen LogP contribution is -2.39. The van der Waals surface area contributed by atoms with Crippen LogP contribution >= 0.6 is 11.8 Å². The number of aryl methyl sites for hydroxylation is 1. The van der Waals surface area contributed by atoms with Crippen LogP contribution in [0.5, 0.6) is 0 Å². The van der Waals surface area contributed by atoms with Crippen molar-refractivity contribution in [3.63, 3.8) is 0 Å². The fraction of sp³-hybridized carbons (Fsp3) is 0.500. The molecule has 1 aromatic rings. The van der Waals surface area contributed by atoms with E-state index in [1.807, 2.05) is 24.8 Å². The average Bonchev–Trinajstić information content (AvgIpc) is 2.33. The van der Waals surface area contributed by atoms with Crippen molar-refractivity contribution in [3.05, 3.63) is 23.4 Å². The van der Waals surface area contributed by atoms with Gasteiger partial charge in [0.15, 0.2) is 5.78 Å². The second kappa shape index (κ2) is 5.51. The molecule has 1 saturated heterocycles. The van der Waals surface area contributed by atoms with Crippen molar-refractivity contribution in [2.24, 2.45) is 0 Å². The minimum atomic E-state index is 0.0821. The molecular formula is C12H17N3OS. The number of pyridine rings is 1. The Morgan fingerprint density at radius 1 is 1.71 bits per heavy atom. The zero-order chi connectivity index (χ0) is 12.3. The number of thioether (sulfide) groups is 1. The Bertz CT molecular complexity index is 416. The SMILES string of the molecule is Cc1cnc(N)c(C(=O)CC2CSCCN2)c1. The summed E-state index contributed by atoms with van der Waals surface area (Å²) in [6.45, 7) is 2.89. The Morgan fingerprint density at radius 3 is 3.24 bits per heavy atom. The molecule has 0 amide bonds. The second-order valence-electron chi connectivity index (χ2n) is 4.30. The molecule has 1 aliphatic heterocycles. The van der Waals surface area contributed by atoms with E-state index < -0.39 is 0 Å². The first-order chi connectivity index (χ1) is 8.16. The molecule has 0 aromatic carbocycles. The van der Waals surface area contributed by atoms with Gasteiger partial charge in [-0.05, 0) is 18.6 Å². The van der Waals surface area contributed by atoms with Crippen LogP contribution < -0.4 is 11.1 Å². The van der Waals surface area contributed by atoms with E-state index in [1.165, 1.54) is 0 Å². The van der Waals surface area contributed by atoms with Crippen molar-refractivity contribution in [3.8, 4) is 0 Å². The highest BCUT2D eigenvalue weighted by atomic mass is 32.2. The minimum Gasteiger partial charge on any atom is -0.383 e. The van der Waals surface area contributed by atoms with Crippen LogP contribution in [0.25, 0.3) is 0 Å². The molecule has 1 aliphatic rings. The van der Waals surface area contributed by atoms with E-state index in [9.17, 15) is 4.79 Å². The van der Waals surface area contributed by atoms with Crippen LogP contribution in [0.1, 0.15) is 22.3 Å². The van der Waals surface area contributed by atoms with E-state index in [2.05, 4.69) is 10.3 Å². The summed E-state index contributed by atoms with van der Waals surface area (Å²) in [5.41, 5.74) is 7.26. The maximum atomic E-state index is 12.1. The molecule has 1 unspecified atom stereocenters. The van der Waals surface area contributed by atoms with Crippen molar-refractivity contribution in [1.29, 1.82) is 0 Å². The summed E-state index contributed by atoms with van der Waals surface area (Å²) in [6.07, 6.45) is 2.18. The summed E-state index contributed by atoms with van der Waals surface area (Å²) in [4.78, 5) is 16.1. The zero-order valence-electron chi connectivity index (χ0n) is 9.90. The van der Waals surface area contributed by atoms with Crippen LogP contribution in [0.4, 0.5) is 5.82 Å². The fourth-order valence-electron chi connectivity index (χ4n) is 1.89. The second-order valence-corrected chi connectivity index (χ2v) is 5.45. The number of ketones is 1. The molecule has 92 valence electrons. The standard InChI is InChI=1S/C12H17N3OS/c1-8-4-10(12(13)15-6-8)11(16)5-9-7-17-3-2-14-9/h4,6,9,14H,2-3,5,7H2,1H3,(H2,13,15). The van der Waals surface area contributed by atoms with Crippen LogP contribution in [0.3, 0.4) is 0 Å². The average molecular weight is 251 g/mol. The highest BCUT2D eigenvalue weighted by Crippen LogP contribution is 2.17. The third-order valence-electron chi connectivity index (χ3n) is 2.79. The highest BCUT2D eigenvalue weighted by molar-refractivity contribution is 7.99. The largest absolute Gasteiger partial charge is 0.383 e. The molecule has 0 radical (unpaired) electrons. The smallest absolute Gasteiger partial charge is 0.168 e. The third kappa shape index (κ3) is 3.20. The van der Waals surface area contributed by atoms with Crippen LogP contribution in [0.15, 0.2) is 12.3 Å². The van der Waals surface area contributed by atoms with Crippen LogP contribution in [0.2, 0.25) is 0 Å². The van der Waals surface area contributed by atoms with Gasteiger partial charge in [-0.2, -0.15) is 11.8 Å². The Labute approximate surface area is 105 Å². The highest BCUT2D eigenvalue weighted by Gasteiger charge is 2.19. The van der Waals surface area contributed by atoms with Gasteiger partial charge >= 0.3 is 0 Å². The summed E-state index contributed by atoms with van der Waals surface area (Å²) in [6, 6.07) is 2.09. The maximum Gasteiger partial charge on any atom is 0.168 e. The summed E-state index contributed by atoms with van der Waals surface area (Å²) >= 11 is 1.89. The van der Waals surface area contributed by atoms with E-state index in [0.29, 0.717) is 17.8 Å². The number of rotatable bonds is 3. The van der Waals surface area contributed by atoms with Gasteiger partial charge in [0.25, 0.3) is 0 Å². The molecule has 0 saturated carbocycles. The Morgan fingerprint density at radius 2 is 2.53 bits per heavy atom. The first-order valence-corrected chi connectivity index (χ1v) is 6.88. The number of nitrogens with two attached hydrogens (primary N) is 1. The summed E-state index contributed by atoms with van der Waals surface area (Å²) in [5.74, 6) is 2.53. The number of nitrogen functional groups attached to an aromatic ring is 1. The topological polar surface area (TPSA) is 68.0 Å². The maximum absolute atomic E-state index is 12.1. The van der Waals surface area contributed by atoms with Gasteiger partial charge in [0.1, 0.15) is 5.82 Å². The molecule has 2 rings (SSSR count). The number of hydrogen-bond acceptors (Lipinski definition) is 5. The number of nitrogens with one attached hydrogen (secondary N) is 1. The number of carbonyl (C=O) groups excluding carboxylic acids is 1. The molecule has 0 spiro atoms. The van der Waals surface area contributed by atoms with Gasteiger partial charge in [-0.3, -0.25) is 4.79 Å². The van der Waals surface area contributed by atoms with E-state index in [-0.39, 0.29) is 11.8 Å². The number of hydrogen-bond donors (Lipinski definition) is 2. The van der Waals surface area contributed by atoms with E-state index in [4.69, 9.17) is 5.73 Å². The number of nitrogens with zero attached hydrogens (tertiary/aromatic N) is 1. The van der Waals surface area contributed by atoms with Crippen molar-refractivity contribution in [1.82, 2.24) is 10.3 Å². The monoisotopic (exact) mass is 251 g/mol. The Kier molecular flexibility index (Phi) is 4.02. The quantitative estimate of drug-likeness (QED) is 0.791. The lowest BCUT2D eigenvalue weighted by Gasteiger charge is -2.22. The normalized spacial score (nSPS) is 20.2. The van der Waals surface area contributed by atoms with E-state index >= 15 is 0 Å². The van der Waals surface area contributed by atoms with Gasteiger partial charge in [0, 0.05) is 36.7 Å². The molecule has 0 aliphatic carbocycles. The lowest BCUT2D eigenvalue weighted by molar-refractivity contribution is 0.0972. The third-order valence-corrected chi connectivity index (χ3v) is 3.92. The first kappa shape index (κ1) is 12.4.